The van der Waals surface area contributed by atoms with Crippen LogP contribution in [-0.4, -0.2) is 78.1 Å². The van der Waals surface area contributed by atoms with Gasteiger partial charge in [0.25, 0.3) is 0 Å². The van der Waals surface area contributed by atoms with Gasteiger partial charge in [0, 0.05) is 56.3 Å². The van der Waals surface area contributed by atoms with Crippen molar-refractivity contribution < 1.29 is 24.1 Å². The zero-order chi connectivity index (χ0) is 23.5. The Hall–Kier alpha value is -2.86. The molecular weight excluding hydrogens is 443 g/mol. The molecule has 0 unspecified atom stereocenters. The Labute approximate surface area is 196 Å². The van der Waals surface area contributed by atoms with Gasteiger partial charge in [0.15, 0.2) is 0 Å². The minimum Gasteiger partial charge on any atom is -0.508 e. The number of likely N-dealkylation sites (tertiary alicyclic amines) is 1. The first-order chi connectivity index (χ1) is 16.5. The summed E-state index contributed by atoms with van der Waals surface area (Å²) in [5.74, 6) is -2.12. The first kappa shape index (κ1) is 22.9. The van der Waals surface area contributed by atoms with Crippen molar-refractivity contribution in [2.75, 3.05) is 26.2 Å². The highest BCUT2D eigenvalue weighted by Gasteiger charge is 2.45. The first-order valence-corrected chi connectivity index (χ1v) is 11.5. The van der Waals surface area contributed by atoms with E-state index >= 15 is 0 Å². The molecule has 1 aromatic carbocycles. The summed E-state index contributed by atoms with van der Waals surface area (Å²) in [5.41, 5.74) is 1.10. The van der Waals surface area contributed by atoms with E-state index in [0.29, 0.717) is 6.54 Å². The molecule has 2 fully saturated rings. The number of aromatic nitrogens is 5. The third-order valence-corrected chi connectivity index (χ3v) is 6.39. The lowest BCUT2D eigenvalue weighted by molar-refractivity contribution is -0.190. The van der Waals surface area contributed by atoms with E-state index in [-0.39, 0.29) is 36.7 Å². The fraction of sp³-hybridized carbons (Fsp3) is 0.522. The molecule has 34 heavy (non-hydrogen) atoms. The highest BCUT2D eigenvalue weighted by Crippen LogP contribution is 2.38. The van der Waals surface area contributed by atoms with Gasteiger partial charge in [-0.2, -0.15) is 0 Å². The Morgan fingerprint density at radius 2 is 2.09 bits per heavy atom. The van der Waals surface area contributed by atoms with Gasteiger partial charge in [0.05, 0.1) is 37.8 Å². The number of aliphatic hydroxyl groups is 1. The minimum atomic E-state index is -1.36. The number of phenolic OH excluding ortho intramolecular Hbond substituents is 1. The molecule has 0 amide bonds. The van der Waals surface area contributed by atoms with E-state index in [4.69, 9.17) is 9.47 Å². The van der Waals surface area contributed by atoms with Crippen LogP contribution in [0.5, 0.6) is 5.75 Å². The maximum Gasteiger partial charge on any atom is 0.216 e. The molecule has 3 aromatic rings. The van der Waals surface area contributed by atoms with E-state index in [1.54, 1.807) is 28.0 Å². The standard InChI is InChI=1S/C23H29FN6O4/c24-22-11-19(32)1-2-21(22)23(15-29-10-6-25-16-29)33-14-20(34-23)13-30-12-17(26-27-30)3-7-28-8-4-18(31)5-9-28/h1-2,6,10-12,16,18,20,31-32H,3-5,7-9,13-15H2/t20-,23-/m0/s1. The molecule has 182 valence electrons. The number of nitrogens with zero attached hydrogens (tertiary/aromatic N) is 6. The van der Waals surface area contributed by atoms with Gasteiger partial charge in [-0.05, 0) is 25.0 Å². The number of benzene rings is 1. The van der Waals surface area contributed by atoms with Crippen molar-refractivity contribution in [1.29, 1.82) is 0 Å². The molecule has 2 aliphatic rings. The van der Waals surface area contributed by atoms with Gasteiger partial charge < -0.3 is 29.2 Å². The van der Waals surface area contributed by atoms with E-state index in [9.17, 15) is 14.6 Å². The van der Waals surface area contributed by atoms with Crippen LogP contribution in [0.4, 0.5) is 4.39 Å². The number of imidazole rings is 1. The van der Waals surface area contributed by atoms with Crippen molar-refractivity contribution >= 4 is 0 Å². The van der Waals surface area contributed by atoms with Crippen LogP contribution in [0, 0.1) is 5.82 Å². The molecule has 2 aliphatic heterocycles. The summed E-state index contributed by atoms with van der Waals surface area (Å²) >= 11 is 0. The lowest BCUT2D eigenvalue weighted by atomic mass is 10.0. The van der Waals surface area contributed by atoms with E-state index in [0.717, 1.165) is 50.7 Å². The van der Waals surface area contributed by atoms with Gasteiger partial charge in [-0.25, -0.2) is 14.1 Å². The Morgan fingerprint density at radius 3 is 2.85 bits per heavy atom. The molecule has 4 heterocycles. The van der Waals surface area contributed by atoms with Crippen LogP contribution in [0.15, 0.2) is 43.1 Å². The quantitative estimate of drug-likeness (QED) is 0.505. The Kier molecular flexibility index (Phi) is 6.59. The first-order valence-electron chi connectivity index (χ1n) is 11.5. The fourth-order valence-corrected chi connectivity index (χ4v) is 4.56. The van der Waals surface area contributed by atoms with Crippen LogP contribution in [-0.2, 0) is 34.8 Å². The summed E-state index contributed by atoms with van der Waals surface area (Å²) in [5, 5.41) is 27.8. The maximum absolute atomic E-state index is 14.8. The third-order valence-electron chi connectivity index (χ3n) is 6.39. The summed E-state index contributed by atoms with van der Waals surface area (Å²) < 4.78 is 30.7. The number of aromatic hydroxyl groups is 1. The Bertz CT molecular complexity index is 1090. The molecule has 10 nitrogen and oxygen atoms in total. The van der Waals surface area contributed by atoms with Crippen LogP contribution < -0.4 is 0 Å². The lowest BCUT2D eigenvalue weighted by Crippen LogP contribution is -2.37. The van der Waals surface area contributed by atoms with Crippen LogP contribution in [0.1, 0.15) is 24.1 Å². The molecule has 5 rings (SSSR count). The maximum atomic E-state index is 14.8. The Balaban J connectivity index is 1.24. The smallest absolute Gasteiger partial charge is 0.216 e. The number of hydrogen-bond donors (Lipinski definition) is 2. The molecule has 2 atom stereocenters. The average Bonchev–Trinajstić information content (AvgIpc) is 3.57. The molecule has 0 saturated carbocycles. The van der Waals surface area contributed by atoms with Gasteiger partial charge in [-0.1, -0.05) is 5.21 Å². The minimum absolute atomic E-state index is 0.163. The summed E-state index contributed by atoms with van der Waals surface area (Å²) in [6.07, 6.45) is 8.77. The predicted molar refractivity (Wildman–Crippen MR) is 118 cm³/mol. The van der Waals surface area contributed by atoms with Crippen molar-refractivity contribution in [3.8, 4) is 5.75 Å². The van der Waals surface area contributed by atoms with Gasteiger partial charge in [-0.15, -0.1) is 5.10 Å². The summed E-state index contributed by atoms with van der Waals surface area (Å²) in [7, 11) is 0. The molecule has 11 heteroatoms. The van der Waals surface area contributed by atoms with Crippen molar-refractivity contribution in [3.63, 3.8) is 0 Å². The summed E-state index contributed by atoms with van der Waals surface area (Å²) in [6.45, 7) is 3.54. The number of hydrogen-bond acceptors (Lipinski definition) is 8. The highest BCUT2D eigenvalue weighted by molar-refractivity contribution is 5.31. The van der Waals surface area contributed by atoms with Gasteiger partial charge >= 0.3 is 0 Å². The SMILES string of the molecule is Oc1ccc([C@@]2(Cn3ccnc3)OC[C@H](Cn3cc(CCN4CCC(O)CC4)nn3)O2)c(F)c1. The third kappa shape index (κ3) is 5.12. The number of halogens is 1. The molecule has 0 aliphatic carbocycles. The second-order valence-electron chi connectivity index (χ2n) is 8.96. The molecule has 0 bridgehead atoms. The zero-order valence-electron chi connectivity index (χ0n) is 18.8. The Morgan fingerprint density at radius 1 is 1.24 bits per heavy atom. The molecule has 2 aromatic heterocycles. The molecule has 0 radical (unpaired) electrons. The number of aliphatic hydroxyl groups excluding tert-OH is 1. The molecule has 2 N–H and O–H groups in total. The van der Waals surface area contributed by atoms with Crippen LogP contribution in [0.2, 0.25) is 0 Å². The molecule has 0 spiro atoms. The number of piperidine rings is 1. The highest BCUT2D eigenvalue weighted by atomic mass is 19.1. The van der Waals surface area contributed by atoms with E-state index in [1.807, 2.05) is 6.20 Å². The summed E-state index contributed by atoms with van der Waals surface area (Å²) in [6, 6.07) is 3.95. The monoisotopic (exact) mass is 472 g/mol. The van der Waals surface area contributed by atoms with E-state index < -0.39 is 11.6 Å². The van der Waals surface area contributed by atoms with Crippen molar-refractivity contribution in [3.05, 3.63) is 60.2 Å². The van der Waals surface area contributed by atoms with Crippen molar-refractivity contribution in [2.45, 2.75) is 50.3 Å². The number of rotatable bonds is 8. The molecular formula is C23H29FN6O4. The van der Waals surface area contributed by atoms with Gasteiger partial charge in [0.2, 0.25) is 5.79 Å². The normalized spacial score (nSPS) is 24.1. The van der Waals surface area contributed by atoms with Crippen LogP contribution in [0.25, 0.3) is 0 Å². The van der Waals surface area contributed by atoms with E-state index in [2.05, 4.69) is 20.2 Å². The van der Waals surface area contributed by atoms with Crippen molar-refractivity contribution in [1.82, 2.24) is 29.4 Å². The number of phenols is 1. The second-order valence-corrected chi connectivity index (χ2v) is 8.96. The van der Waals surface area contributed by atoms with Gasteiger partial charge in [0.1, 0.15) is 17.7 Å². The fourth-order valence-electron chi connectivity index (χ4n) is 4.56. The average molecular weight is 473 g/mol. The van der Waals surface area contributed by atoms with E-state index in [1.165, 1.54) is 12.1 Å². The zero-order valence-corrected chi connectivity index (χ0v) is 18.8. The number of ether oxygens (including phenoxy) is 2. The largest absolute Gasteiger partial charge is 0.508 e. The topological polar surface area (TPSA) is 111 Å². The van der Waals surface area contributed by atoms with Gasteiger partial charge in [-0.3, -0.25) is 0 Å². The lowest BCUT2D eigenvalue weighted by Gasteiger charge is -2.29. The second kappa shape index (κ2) is 9.79. The van der Waals surface area contributed by atoms with Crippen molar-refractivity contribution in [2.24, 2.45) is 0 Å². The summed E-state index contributed by atoms with van der Waals surface area (Å²) in [4.78, 5) is 6.38. The predicted octanol–water partition coefficient (Wildman–Crippen LogP) is 1.29. The molecule has 2 saturated heterocycles. The van der Waals surface area contributed by atoms with Crippen LogP contribution >= 0.6 is 0 Å². The van der Waals surface area contributed by atoms with Crippen LogP contribution in [0.3, 0.4) is 0 Å².